The molecule has 1 atom stereocenters. The molecule has 0 spiro atoms. The molecule has 29 heavy (non-hydrogen) atoms. The first kappa shape index (κ1) is 20.3. The summed E-state index contributed by atoms with van der Waals surface area (Å²) in [6.45, 7) is 2.61. The van der Waals surface area contributed by atoms with Gasteiger partial charge in [0.15, 0.2) is 5.78 Å². The second-order valence-electron chi connectivity index (χ2n) is 7.19. The third-order valence-corrected chi connectivity index (χ3v) is 4.88. The van der Waals surface area contributed by atoms with Crippen molar-refractivity contribution in [3.8, 4) is 5.75 Å². The number of rotatable bonds is 7. The number of Topliss-reactive ketones (excluding diaryl/α,β-unsaturated/α-hetero) is 1. The number of ether oxygens (including phenoxy) is 1. The van der Waals surface area contributed by atoms with E-state index in [0.29, 0.717) is 18.4 Å². The molecule has 2 aromatic carbocycles. The van der Waals surface area contributed by atoms with Gasteiger partial charge in [0.2, 0.25) is 0 Å². The van der Waals surface area contributed by atoms with E-state index in [-0.39, 0.29) is 11.5 Å². The van der Waals surface area contributed by atoms with E-state index in [0.717, 1.165) is 10.5 Å². The first-order valence-corrected chi connectivity index (χ1v) is 9.28. The molecular weight excluding hydrogens is 372 g/mol. The van der Waals surface area contributed by atoms with Crippen LogP contribution in [0.4, 0.5) is 4.79 Å². The van der Waals surface area contributed by atoms with Crippen LogP contribution in [0.5, 0.6) is 5.75 Å². The van der Waals surface area contributed by atoms with E-state index in [1.54, 1.807) is 19.1 Å². The number of nitrogens with zero attached hydrogens (tertiary/aromatic N) is 1. The molecule has 3 rings (SSSR count). The van der Waals surface area contributed by atoms with Crippen LogP contribution in [0.3, 0.4) is 0 Å². The number of aryl methyl sites for hydroxylation is 1. The van der Waals surface area contributed by atoms with Gasteiger partial charge in [0.1, 0.15) is 17.8 Å². The first-order valence-electron chi connectivity index (χ1n) is 9.28. The predicted molar refractivity (Wildman–Crippen MR) is 105 cm³/mol. The van der Waals surface area contributed by atoms with E-state index in [9.17, 15) is 19.2 Å². The Hall–Kier alpha value is -3.48. The van der Waals surface area contributed by atoms with Crippen LogP contribution in [0, 0.1) is 0 Å². The van der Waals surface area contributed by atoms with Crippen molar-refractivity contribution in [2.45, 2.75) is 32.2 Å². The Morgan fingerprint density at radius 2 is 1.69 bits per heavy atom. The van der Waals surface area contributed by atoms with E-state index < -0.39 is 30.0 Å². The molecule has 0 bridgehead atoms. The molecule has 7 heteroatoms. The standard InChI is InChI=1S/C22H22N2O5/c1-15(25)17-8-10-18(11-9-17)29-19(26)14-24-20(27)22(2,23-21(24)28)13-12-16-6-4-3-5-7-16/h3-11H,12-14H2,1-2H3,(H,23,28)/t22-/m1/s1. The largest absolute Gasteiger partial charge is 0.425 e. The van der Waals surface area contributed by atoms with Gasteiger partial charge in [-0.1, -0.05) is 30.3 Å². The molecule has 0 aliphatic carbocycles. The zero-order valence-corrected chi connectivity index (χ0v) is 16.3. The number of imide groups is 1. The lowest BCUT2D eigenvalue weighted by molar-refractivity contribution is -0.140. The summed E-state index contributed by atoms with van der Waals surface area (Å²) in [7, 11) is 0. The van der Waals surface area contributed by atoms with Gasteiger partial charge in [-0.2, -0.15) is 0 Å². The molecule has 150 valence electrons. The normalized spacial score (nSPS) is 18.5. The Labute approximate surface area is 168 Å². The summed E-state index contributed by atoms with van der Waals surface area (Å²) in [4.78, 5) is 49.4. The number of hydrogen-bond donors (Lipinski definition) is 1. The highest BCUT2D eigenvalue weighted by Crippen LogP contribution is 2.23. The summed E-state index contributed by atoms with van der Waals surface area (Å²) in [6, 6.07) is 15.1. The minimum absolute atomic E-state index is 0.100. The van der Waals surface area contributed by atoms with Gasteiger partial charge >= 0.3 is 12.0 Å². The maximum absolute atomic E-state index is 12.8. The molecule has 0 radical (unpaired) electrons. The quantitative estimate of drug-likeness (QED) is 0.337. The van der Waals surface area contributed by atoms with Crippen molar-refractivity contribution in [2.75, 3.05) is 6.54 Å². The number of hydrogen-bond acceptors (Lipinski definition) is 5. The van der Waals surface area contributed by atoms with Crippen molar-refractivity contribution in [2.24, 2.45) is 0 Å². The second-order valence-corrected chi connectivity index (χ2v) is 7.19. The van der Waals surface area contributed by atoms with Crippen molar-refractivity contribution in [1.29, 1.82) is 0 Å². The van der Waals surface area contributed by atoms with E-state index >= 15 is 0 Å². The SMILES string of the molecule is CC(=O)c1ccc(OC(=O)CN2C(=O)N[C@](C)(CCc3ccccc3)C2=O)cc1. The number of nitrogens with one attached hydrogen (secondary N) is 1. The molecule has 0 saturated carbocycles. The maximum atomic E-state index is 12.8. The zero-order valence-electron chi connectivity index (χ0n) is 16.3. The molecule has 1 saturated heterocycles. The summed E-state index contributed by atoms with van der Waals surface area (Å²) in [5.41, 5.74) is 0.479. The molecule has 0 aromatic heterocycles. The van der Waals surface area contributed by atoms with E-state index in [2.05, 4.69) is 5.32 Å². The van der Waals surface area contributed by atoms with Gasteiger partial charge in [-0.05, 0) is 56.5 Å². The maximum Gasteiger partial charge on any atom is 0.331 e. The number of amides is 3. The van der Waals surface area contributed by atoms with Gasteiger partial charge in [0.25, 0.3) is 5.91 Å². The summed E-state index contributed by atoms with van der Waals surface area (Å²) >= 11 is 0. The molecule has 3 amide bonds. The number of benzene rings is 2. The van der Waals surface area contributed by atoms with Crippen LogP contribution in [-0.2, 0) is 16.0 Å². The minimum Gasteiger partial charge on any atom is -0.425 e. The Morgan fingerprint density at radius 1 is 1.03 bits per heavy atom. The molecule has 0 unspecified atom stereocenters. The van der Waals surface area contributed by atoms with E-state index in [4.69, 9.17) is 4.74 Å². The predicted octanol–water partition coefficient (Wildman–Crippen LogP) is 2.74. The van der Waals surface area contributed by atoms with Gasteiger partial charge in [-0.3, -0.25) is 14.5 Å². The van der Waals surface area contributed by atoms with Crippen LogP contribution >= 0.6 is 0 Å². The number of ketones is 1. The van der Waals surface area contributed by atoms with Crippen LogP contribution in [0.1, 0.15) is 36.2 Å². The van der Waals surface area contributed by atoms with Crippen LogP contribution in [0.15, 0.2) is 54.6 Å². The number of esters is 1. The van der Waals surface area contributed by atoms with E-state index in [1.807, 2.05) is 30.3 Å². The van der Waals surface area contributed by atoms with Crippen molar-refractivity contribution in [3.63, 3.8) is 0 Å². The Balaban J connectivity index is 1.60. The smallest absolute Gasteiger partial charge is 0.331 e. The van der Waals surface area contributed by atoms with Gasteiger partial charge < -0.3 is 10.1 Å². The van der Waals surface area contributed by atoms with Gasteiger partial charge in [-0.15, -0.1) is 0 Å². The van der Waals surface area contributed by atoms with Crippen molar-refractivity contribution in [1.82, 2.24) is 10.2 Å². The zero-order chi connectivity index (χ0) is 21.0. The highest BCUT2D eigenvalue weighted by atomic mass is 16.5. The fraction of sp³-hybridized carbons (Fsp3) is 0.273. The lowest BCUT2D eigenvalue weighted by atomic mass is 9.93. The number of carbonyl (C=O) groups excluding carboxylic acids is 4. The highest BCUT2D eigenvalue weighted by molar-refractivity contribution is 6.08. The lowest BCUT2D eigenvalue weighted by Crippen LogP contribution is -2.44. The highest BCUT2D eigenvalue weighted by Gasteiger charge is 2.48. The average molecular weight is 394 g/mol. The third-order valence-electron chi connectivity index (χ3n) is 4.88. The summed E-state index contributed by atoms with van der Waals surface area (Å²) < 4.78 is 5.18. The van der Waals surface area contributed by atoms with Crippen LogP contribution < -0.4 is 10.1 Å². The second kappa shape index (κ2) is 8.26. The molecular formula is C22H22N2O5. The summed E-state index contributed by atoms with van der Waals surface area (Å²) in [6.07, 6.45) is 1.03. The Morgan fingerprint density at radius 3 is 2.31 bits per heavy atom. The number of urea groups is 1. The van der Waals surface area contributed by atoms with Gasteiger partial charge in [0.05, 0.1) is 0 Å². The molecule has 1 N–H and O–H groups in total. The molecule has 1 aliphatic rings. The van der Waals surface area contributed by atoms with Crippen molar-refractivity contribution >= 4 is 23.7 Å². The minimum atomic E-state index is -1.07. The van der Waals surface area contributed by atoms with Crippen LogP contribution in [0.2, 0.25) is 0 Å². The summed E-state index contributed by atoms with van der Waals surface area (Å²) in [5, 5.41) is 2.68. The van der Waals surface area contributed by atoms with E-state index in [1.165, 1.54) is 19.1 Å². The fourth-order valence-corrected chi connectivity index (χ4v) is 3.15. The first-order chi connectivity index (χ1) is 13.8. The number of carbonyl (C=O) groups is 4. The Bertz CT molecular complexity index is 939. The van der Waals surface area contributed by atoms with Crippen molar-refractivity contribution in [3.05, 3.63) is 65.7 Å². The third kappa shape index (κ3) is 4.68. The molecule has 1 aliphatic heterocycles. The van der Waals surface area contributed by atoms with Crippen LogP contribution in [0.25, 0.3) is 0 Å². The summed E-state index contributed by atoms with van der Waals surface area (Å²) in [5.74, 6) is -1.06. The lowest BCUT2D eigenvalue weighted by Gasteiger charge is -2.21. The van der Waals surface area contributed by atoms with Gasteiger partial charge in [0, 0.05) is 5.56 Å². The monoisotopic (exact) mass is 394 g/mol. The van der Waals surface area contributed by atoms with Gasteiger partial charge in [-0.25, -0.2) is 9.59 Å². The van der Waals surface area contributed by atoms with Crippen molar-refractivity contribution < 1.29 is 23.9 Å². The average Bonchev–Trinajstić information content (AvgIpc) is 2.91. The Kier molecular flexibility index (Phi) is 5.77. The molecule has 1 fully saturated rings. The van der Waals surface area contributed by atoms with Crippen LogP contribution in [-0.4, -0.2) is 40.7 Å². The molecule has 1 heterocycles. The molecule has 7 nitrogen and oxygen atoms in total. The molecule has 2 aromatic rings. The topological polar surface area (TPSA) is 92.8 Å². The fourth-order valence-electron chi connectivity index (χ4n) is 3.15.